The molecule has 0 saturated heterocycles. The van der Waals surface area contributed by atoms with Crippen LogP contribution >= 0.6 is 0 Å². The summed E-state index contributed by atoms with van der Waals surface area (Å²) in [6.07, 6.45) is 0.603. The summed E-state index contributed by atoms with van der Waals surface area (Å²) >= 11 is 0. The molecule has 2 rings (SSSR count). The largest absolute Gasteiger partial charge is 0.508 e. The van der Waals surface area contributed by atoms with Gasteiger partial charge >= 0.3 is 0 Å². The molecule has 2 aromatic rings. The highest BCUT2D eigenvalue weighted by Crippen LogP contribution is 2.14. The van der Waals surface area contributed by atoms with Gasteiger partial charge in [0.2, 0.25) is 0 Å². The first-order valence-electron chi connectivity index (χ1n) is 5.99. The Morgan fingerprint density at radius 2 is 1.63 bits per heavy atom. The van der Waals surface area contributed by atoms with Crippen molar-refractivity contribution in [3.8, 4) is 5.75 Å². The molecule has 0 bridgehead atoms. The van der Waals surface area contributed by atoms with E-state index in [2.05, 4.69) is 5.32 Å². The number of benzene rings is 2. The van der Waals surface area contributed by atoms with Crippen LogP contribution in [-0.2, 0) is 6.42 Å². The smallest absolute Gasteiger partial charge is 0.255 e. The number of rotatable bonds is 4. The monoisotopic (exact) mass is 257 g/mol. The number of aliphatic hydroxyl groups is 1. The van der Waals surface area contributed by atoms with Crippen molar-refractivity contribution in [2.24, 2.45) is 0 Å². The van der Waals surface area contributed by atoms with E-state index in [-0.39, 0.29) is 18.3 Å². The fraction of sp³-hybridized carbons (Fsp3) is 0.133. The number of phenols is 1. The highest BCUT2D eigenvalue weighted by molar-refractivity contribution is 6.04. The van der Waals surface area contributed by atoms with Gasteiger partial charge in [-0.1, -0.05) is 12.1 Å². The molecule has 0 radical (unpaired) electrons. The highest BCUT2D eigenvalue weighted by Gasteiger charge is 2.05. The van der Waals surface area contributed by atoms with E-state index in [4.69, 9.17) is 10.2 Å². The molecule has 1 amide bonds. The van der Waals surface area contributed by atoms with Crippen molar-refractivity contribution < 1.29 is 15.0 Å². The fourth-order valence-electron chi connectivity index (χ4n) is 1.70. The predicted molar refractivity (Wildman–Crippen MR) is 73.3 cm³/mol. The van der Waals surface area contributed by atoms with Crippen molar-refractivity contribution >= 4 is 11.6 Å². The third-order valence-corrected chi connectivity index (χ3v) is 2.74. The van der Waals surface area contributed by atoms with Crippen molar-refractivity contribution in [2.75, 3.05) is 11.9 Å². The van der Waals surface area contributed by atoms with Crippen LogP contribution in [0.5, 0.6) is 5.75 Å². The zero-order valence-electron chi connectivity index (χ0n) is 10.3. The van der Waals surface area contributed by atoms with Crippen molar-refractivity contribution in [3.05, 3.63) is 59.7 Å². The lowest BCUT2D eigenvalue weighted by Gasteiger charge is -2.06. The molecule has 0 saturated carbocycles. The molecule has 4 heteroatoms. The summed E-state index contributed by atoms with van der Waals surface area (Å²) in [7, 11) is 0. The standard InChI is InChI=1S/C15H15NO3/c17-10-9-11-1-5-13(6-2-11)16-15(19)12-3-7-14(18)8-4-12/h1-8,17-18H,9-10H2,(H,16,19). The van der Waals surface area contributed by atoms with Gasteiger partial charge in [-0.2, -0.15) is 0 Å². The van der Waals surface area contributed by atoms with Gasteiger partial charge in [-0.3, -0.25) is 4.79 Å². The lowest BCUT2D eigenvalue weighted by Crippen LogP contribution is -2.11. The first-order chi connectivity index (χ1) is 9.19. The molecule has 0 spiro atoms. The Morgan fingerprint density at radius 3 is 2.21 bits per heavy atom. The molecule has 2 aromatic carbocycles. The second-order valence-corrected chi connectivity index (χ2v) is 4.17. The molecular weight excluding hydrogens is 242 g/mol. The SMILES string of the molecule is O=C(Nc1ccc(CCO)cc1)c1ccc(O)cc1. The number of aliphatic hydroxyl groups excluding tert-OH is 1. The number of amides is 1. The summed E-state index contributed by atoms with van der Waals surface area (Å²) in [5.74, 6) is -0.0974. The average Bonchev–Trinajstić information content (AvgIpc) is 2.42. The maximum Gasteiger partial charge on any atom is 0.255 e. The van der Waals surface area contributed by atoms with E-state index in [1.165, 1.54) is 12.1 Å². The van der Waals surface area contributed by atoms with Crippen LogP contribution in [-0.4, -0.2) is 22.7 Å². The van der Waals surface area contributed by atoms with Gasteiger partial charge in [0.25, 0.3) is 5.91 Å². The Labute approximate surface area is 111 Å². The minimum atomic E-state index is -0.227. The van der Waals surface area contributed by atoms with Gasteiger partial charge in [0.15, 0.2) is 0 Å². The van der Waals surface area contributed by atoms with Crippen LogP contribution in [0.15, 0.2) is 48.5 Å². The van der Waals surface area contributed by atoms with Crippen LogP contribution in [0.2, 0.25) is 0 Å². The van der Waals surface area contributed by atoms with Crippen molar-refractivity contribution in [3.63, 3.8) is 0 Å². The maximum absolute atomic E-state index is 11.9. The topological polar surface area (TPSA) is 69.6 Å². The van der Waals surface area contributed by atoms with E-state index in [0.717, 1.165) is 5.56 Å². The zero-order chi connectivity index (χ0) is 13.7. The van der Waals surface area contributed by atoms with E-state index >= 15 is 0 Å². The normalized spacial score (nSPS) is 10.2. The van der Waals surface area contributed by atoms with Crippen LogP contribution in [0.1, 0.15) is 15.9 Å². The lowest BCUT2D eigenvalue weighted by molar-refractivity contribution is 0.102. The molecule has 0 aliphatic carbocycles. The average molecular weight is 257 g/mol. The van der Waals surface area contributed by atoms with Crippen molar-refractivity contribution in [1.29, 1.82) is 0 Å². The molecule has 0 aromatic heterocycles. The molecular formula is C15H15NO3. The van der Waals surface area contributed by atoms with E-state index in [0.29, 0.717) is 17.7 Å². The number of carbonyl (C=O) groups is 1. The Hall–Kier alpha value is -2.33. The summed E-state index contributed by atoms with van der Waals surface area (Å²) in [6.45, 7) is 0.110. The number of aromatic hydroxyl groups is 1. The Kier molecular flexibility index (Phi) is 4.15. The summed E-state index contributed by atoms with van der Waals surface area (Å²) < 4.78 is 0. The lowest BCUT2D eigenvalue weighted by atomic mass is 10.1. The van der Waals surface area contributed by atoms with Crippen molar-refractivity contribution in [1.82, 2.24) is 0 Å². The number of phenolic OH excluding ortho intramolecular Hbond substituents is 1. The second kappa shape index (κ2) is 6.02. The zero-order valence-corrected chi connectivity index (χ0v) is 10.3. The van der Waals surface area contributed by atoms with Gasteiger partial charge in [0, 0.05) is 17.9 Å². The molecule has 0 fully saturated rings. The number of carbonyl (C=O) groups excluding carboxylic acids is 1. The Balaban J connectivity index is 2.04. The van der Waals surface area contributed by atoms with Gasteiger partial charge in [0.1, 0.15) is 5.75 Å². The molecule has 98 valence electrons. The summed E-state index contributed by atoms with van der Waals surface area (Å²) in [6, 6.07) is 13.4. The minimum absolute atomic E-state index is 0.110. The molecule has 0 aliphatic rings. The summed E-state index contributed by atoms with van der Waals surface area (Å²) in [5.41, 5.74) is 2.20. The predicted octanol–water partition coefficient (Wildman–Crippen LogP) is 2.18. The number of hydrogen-bond acceptors (Lipinski definition) is 3. The molecule has 0 heterocycles. The highest BCUT2D eigenvalue weighted by atomic mass is 16.3. The van der Waals surface area contributed by atoms with E-state index < -0.39 is 0 Å². The number of hydrogen-bond donors (Lipinski definition) is 3. The molecule has 19 heavy (non-hydrogen) atoms. The van der Waals surface area contributed by atoms with Gasteiger partial charge in [-0.15, -0.1) is 0 Å². The van der Waals surface area contributed by atoms with Crippen LogP contribution in [0.3, 0.4) is 0 Å². The summed E-state index contributed by atoms with van der Waals surface area (Å²) in [4.78, 5) is 11.9. The van der Waals surface area contributed by atoms with E-state index in [9.17, 15) is 4.79 Å². The minimum Gasteiger partial charge on any atom is -0.508 e. The molecule has 0 atom stereocenters. The first kappa shape index (κ1) is 13.1. The molecule has 3 N–H and O–H groups in total. The number of nitrogens with one attached hydrogen (secondary N) is 1. The van der Waals surface area contributed by atoms with E-state index in [1.54, 1.807) is 24.3 Å². The van der Waals surface area contributed by atoms with E-state index in [1.807, 2.05) is 12.1 Å². The summed E-state index contributed by atoms with van der Waals surface area (Å²) in [5, 5.41) is 20.7. The third kappa shape index (κ3) is 3.56. The Bertz CT molecular complexity index is 547. The molecule has 4 nitrogen and oxygen atoms in total. The Morgan fingerprint density at radius 1 is 1.00 bits per heavy atom. The fourth-order valence-corrected chi connectivity index (χ4v) is 1.70. The van der Waals surface area contributed by atoms with Gasteiger partial charge < -0.3 is 15.5 Å². The van der Waals surface area contributed by atoms with Crippen LogP contribution in [0.4, 0.5) is 5.69 Å². The quantitative estimate of drug-likeness (QED) is 0.786. The van der Waals surface area contributed by atoms with Gasteiger partial charge in [-0.25, -0.2) is 0 Å². The van der Waals surface area contributed by atoms with Gasteiger partial charge in [-0.05, 0) is 48.4 Å². The second-order valence-electron chi connectivity index (χ2n) is 4.17. The van der Waals surface area contributed by atoms with Gasteiger partial charge in [0.05, 0.1) is 0 Å². The molecule has 0 aliphatic heterocycles. The van der Waals surface area contributed by atoms with Crippen molar-refractivity contribution in [2.45, 2.75) is 6.42 Å². The maximum atomic E-state index is 11.9. The molecule has 0 unspecified atom stereocenters. The van der Waals surface area contributed by atoms with Crippen LogP contribution in [0.25, 0.3) is 0 Å². The van der Waals surface area contributed by atoms with Crippen LogP contribution in [0, 0.1) is 0 Å². The number of anilines is 1. The first-order valence-corrected chi connectivity index (χ1v) is 5.99. The van der Waals surface area contributed by atoms with Crippen LogP contribution < -0.4 is 5.32 Å². The third-order valence-electron chi connectivity index (χ3n) is 2.74.